The van der Waals surface area contributed by atoms with Crippen LogP contribution in [0, 0.1) is 0 Å². The average molecular weight is 261 g/mol. The van der Waals surface area contributed by atoms with Crippen LogP contribution < -0.4 is 5.32 Å². The second kappa shape index (κ2) is 5.87. The Balaban J connectivity index is 2.00. The number of hydrogen-bond donors (Lipinski definition) is 1. The molecule has 1 aromatic heterocycles. The van der Waals surface area contributed by atoms with Crippen molar-refractivity contribution < 1.29 is 0 Å². The van der Waals surface area contributed by atoms with E-state index in [1.54, 1.807) is 12.4 Å². The van der Waals surface area contributed by atoms with Crippen molar-refractivity contribution in [1.29, 1.82) is 0 Å². The Morgan fingerprint density at radius 3 is 2.50 bits per heavy atom. The van der Waals surface area contributed by atoms with Gasteiger partial charge in [0.1, 0.15) is 0 Å². The van der Waals surface area contributed by atoms with Crippen molar-refractivity contribution in [1.82, 2.24) is 4.98 Å². The first kappa shape index (κ1) is 12.9. The predicted molar refractivity (Wildman–Crippen MR) is 77.1 cm³/mol. The van der Waals surface area contributed by atoms with Crippen LogP contribution in [0.1, 0.15) is 30.9 Å². The van der Waals surface area contributed by atoms with E-state index in [1.165, 1.54) is 5.56 Å². The molecule has 3 heteroatoms. The highest BCUT2D eigenvalue weighted by Gasteiger charge is 2.01. The Labute approximate surface area is 113 Å². The summed E-state index contributed by atoms with van der Waals surface area (Å²) in [6, 6.07) is 10.4. The number of nitrogens with one attached hydrogen (secondary N) is 1. The van der Waals surface area contributed by atoms with E-state index >= 15 is 0 Å². The molecular formula is C15H17ClN2. The van der Waals surface area contributed by atoms with E-state index in [0.29, 0.717) is 17.5 Å². The summed E-state index contributed by atoms with van der Waals surface area (Å²) in [5, 5.41) is 4.05. The normalized spacial score (nSPS) is 10.7. The predicted octanol–water partition coefficient (Wildman–Crippen LogP) is 4.47. The SMILES string of the molecule is CC(C)c1ccc(NCc2ccncc2Cl)cc1. The van der Waals surface area contributed by atoms with Gasteiger partial charge in [0, 0.05) is 24.6 Å². The van der Waals surface area contributed by atoms with Gasteiger partial charge >= 0.3 is 0 Å². The first-order valence-corrected chi connectivity index (χ1v) is 6.47. The fourth-order valence-corrected chi connectivity index (χ4v) is 1.92. The second-order valence-corrected chi connectivity index (χ2v) is 5.00. The summed E-state index contributed by atoms with van der Waals surface area (Å²) < 4.78 is 0. The first-order chi connectivity index (χ1) is 8.66. The number of aromatic nitrogens is 1. The number of benzene rings is 1. The number of anilines is 1. The molecule has 0 aliphatic carbocycles. The zero-order valence-electron chi connectivity index (χ0n) is 10.7. The minimum atomic E-state index is 0.564. The van der Waals surface area contributed by atoms with Gasteiger partial charge in [0.15, 0.2) is 0 Å². The van der Waals surface area contributed by atoms with Crippen molar-refractivity contribution in [3.63, 3.8) is 0 Å². The van der Waals surface area contributed by atoms with E-state index in [-0.39, 0.29) is 0 Å². The maximum Gasteiger partial charge on any atom is 0.0639 e. The zero-order valence-corrected chi connectivity index (χ0v) is 11.4. The smallest absolute Gasteiger partial charge is 0.0639 e. The van der Waals surface area contributed by atoms with Gasteiger partial charge in [-0.15, -0.1) is 0 Å². The molecule has 2 rings (SSSR count). The summed E-state index contributed by atoms with van der Waals surface area (Å²) in [6.45, 7) is 5.10. The molecule has 18 heavy (non-hydrogen) atoms. The molecular weight excluding hydrogens is 244 g/mol. The molecule has 94 valence electrons. The van der Waals surface area contributed by atoms with Gasteiger partial charge in [-0.25, -0.2) is 0 Å². The lowest BCUT2D eigenvalue weighted by Crippen LogP contribution is -2.00. The van der Waals surface area contributed by atoms with Crippen molar-refractivity contribution >= 4 is 17.3 Å². The van der Waals surface area contributed by atoms with Crippen LogP contribution in [0.15, 0.2) is 42.7 Å². The van der Waals surface area contributed by atoms with Crippen LogP contribution in [0.25, 0.3) is 0 Å². The van der Waals surface area contributed by atoms with Crippen LogP contribution in [0.2, 0.25) is 5.02 Å². The highest BCUT2D eigenvalue weighted by Crippen LogP contribution is 2.19. The Kier molecular flexibility index (Phi) is 4.21. The van der Waals surface area contributed by atoms with Crippen LogP contribution >= 0.6 is 11.6 Å². The third kappa shape index (κ3) is 3.23. The lowest BCUT2D eigenvalue weighted by atomic mass is 10.0. The summed E-state index contributed by atoms with van der Waals surface area (Å²) in [5.41, 5.74) is 3.51. The fraction of sp³-hybridized carbons (Fsp3) is 0.267. The van der Waals surface area contributed by atoms with Crippen molar-refractivity contribution in [3.05, 3.63) is 58.9 Å². The summed E-state index contributed by atoms with van der Waals surface area (Å²) in [5.74, 6) is 0.564. The van der Waals surface area contributed by atoms with Crippen LogP contribution in [0.4, 0.5) is 5.69 Å². The van der Waals surface area contributed by atoms with Crippen LogP contribution in [-0.4, -0.2) is 4.98 Å². The van der Waals surface area contributed by atoms with E-state index < -0.39 is 0 Å². The van der Waals surface area contributed by atoms with Gasteiger partial charge in [0.2, 0.25) is 0 Å². The van der Waals surface area contributed by atoms with E-state index in [2.05, 4.69) is 48.4 Å². The third-order valence-corrected chi connectivity index (χ3v) is 3.26. The highest BCUT2D eigenvalue weighted by atomic mass is 35.5. The monoisotopic (exact) mass is 260 g/mol. The van der Waals surface area contributed by atoms with E-state index in [4.69, 9.17) is 11.6 Å². The number of nitrogens with zero attached hydrogens (tertiary/aromatic N) is 1. The maximum absolute atomic E-state index is 6.05. The summed E-state index contributed by atoms with van der Waals surface area (Å²) in [7, 11) is 0. The Morgan fingerprint density at radius 1 is 1.17 bits per heavy atom. The van der Waals surface area contributed by atoms with E-state index in [9.17, 15) is 0 Å². The molecule has 0 atom stereocenters. The minimum Gasteiger partial charge on any atom is -0.381 e. The minimum absolute atomic E-state index is 0.564. The first-order valence-electron chi connectivity index (χ1n) is 6.09. The van der Waals surface area contributed by atoms with Gasteiger partial charge in [0.25, 0.3) is 0 Å². The third-order valence-electron chi connectivity index (χ3n) is 2.92. The average Bonchev–Trinajstić information content (AvgIpc) is 2.38. The lowest BCUT2D eigenvalue weighted by molar-refractivity contribution is 0.867. The molecule has 0 aliphatic rings. The molecule has 2 aromatic rings. The molecule has 0 aliphatic heterocycles. The topological polar surface area (TPSA) is 24.9 Å². The number of halogens is 1. The highest BCUT2D eigenvalue weighted by molar-refractivity contribution is 6.31. The van der Waals surface area contributed by atoms with Crippen molar-refractivity contribution in [2.75, 3.05) is 5.32 Å². The van der Waals surface area contributed by atoms with Crippen molar-refractivity contribution in [2.45, 2.75) is 26.3 Å². The van der Waals surface area contributed by atoms with Crippen LogP contribution in [0.3, 0.4) is 0 Å². The van der Waals surface area contributed by atoms with Gasteiger partial charge in [-0.1, -0.05) is 37.6 Å². The second-order valence-electron chi connectivity index (χ2n) is 4.60. The van der Waals surface area contributed by atoms with Gasteiger partial charge in [-0.05, 0) is 35.2 Å². The molecule has 1 heterocycles. The largest absolute Gasteiger partial charge is 0.381 e. The van der Waals surface area contributed by atoms with Crippen LogP contribution in [0.5, 0.6) is 0 Å². The summed E-state index contributed by atoms with van der Waals surface area (Å²) >= 11 is 6.05. The van der Waals surface area contributed by atoms with Gasteiger partial charge in [-0.2, -0.15) is 0 Å². The molecule has 0 fully saturated rings. The zero-order chi connectivity index (χ0) is 13.0. The Morgan fingerprint density at radius 2 is 1.89 bits per heavy atom. The number of pyridine rings is 1. The molecule has 0 amide bonds. The van der Waals surface area contributed by atoms with Crippen molar-refractivity contribution in [2.24, 2.45) is 0 Å². The van der Waals surface area contributed by atoms with E-state index in [1.807, 2.05) is 6.07 Å². The van der Waals surface area contributed by atoms with E-state index in [0.717, 1.165) is 11.3 Å². The standard InChI is InChI=1S/C15H17ClN2/c1-11(2)12-3-5-14(6-4-12)18-9-13-7-8-17-10-15(13)16/h3-8,10-11,18H,9H2,1-2H3. The molecule has 2 nitrogen and oxygen atoms in total. The molecule has 0 unspecified atom stereocenters. The van der Waals surface area contributed by atoms with Crippen molar-refractivity contribution in [3.8, 4) is 0 Å². The Bertz CT molecular complexity index is 506. The quantitative estimate of drug-likeness (QED) is 0.877. The van der Waals surface area contributed by atoms with Gasteiger partial charge < -0.3 is 5.32 Å². The Hall–Kier alpha value is -1.54. The molecule has 0 radical (unpaired) electrons. The molecule has 0 bridgehead atoms. The lowest BCUT2D eigenvalue weighted by Gasteiger charge is -2.10. The van der Waals surface area contributed by atoms with Gasteiger partial charge in [0.05, 0.1) is 5.02 Å². The molecule has 1 N–H and O–H groups in total. The molecule has 0 saturated carbocycles. The summed E-state index contributed by atoms with van der Waals surface area (Å²) in [6.07, 6.45) is 3.42. The molecule has 0 saturated heterocycles. The van der Waals surface area contributed by atoms with Gasteiger partial charge in [-0.3, -0.25) is 4.98 Å². The molecule has 1 aromatic carbocycles. The fourth-order valence-electron chi connectivity index (χ4n) is 1.73. The summed E-state index contributed by atoms with van der Waals surface area (Å²) in [4.78, 5) is 3.97. The number of rotatable bonds is 4. The number of hydrogen-bond acceptors (Lipinski definition) is 2. The maximum atomic E-state index is 6.05. The molecule has 0 spiro atoms. The van der Waals surface area contributed by atoms with Crippen LogP contribution in [-0.2, 0) is 6.54 Å².